The lowest BCUT2D eigenvalue weighted by atomic mass is 9.86. The van der Waals surface area contributed by atoms with Crippen molar-refractivity contribution in [1.29, 1.82) is 0 Å². The number of carbonyl (C=O) groups is 2. The second-order valence-electron chi connectivity index (χ2n) is 5.09. The van der Waals surface area contributed by atoms with Crippen molar-refractivity contribution in [2.75, 3.05) is 0 Å². The van der Waals surface area contributed by atoms with E-state index in [9.17, 15) is 9.59 Å². The van der Waals surface area contributed by atoms with Gasteiger partial charge in [-0.3, -0.25) is 4.79 Å². The average molecular weight is 361 g/mol. The van der Waals surface area contributed by atoms with Crippen LogP contribution in [0.1, 0.15) is 31.1 Å². The summed E-state index contributed by atoms with van der Waals surface area (Å²) in [5, 5.41) is 11.7. The molecule has 0 fully saturated rings. The minimum absolute atomic E-state index is 0.359. The van der Waals surface area contributed by atoms with Crippen LogP contribution in [-0.4, -0.2) is 23.0 Å². The highest BCUT2D eigenvalue weighted by atomic mass is 127. The van der Waals surface area contributed by atoms with Gasteiger partial charge in [0, 0.05) is 3.57 Å². The molecular formula is C13H16INO3. The Hall–Kier alpha value is -1.11. The molecule has 0 unspecified atom stereocenters. The van der Waals surface area contributed by atoms with E-state index in [1.807, 2.05) is 12.1 Å². The molecule has 18 heavy (non-hydrogen) atoms. The van der Waals surface area contributed by atoms with E-state index in [-0.39, 0.29) is 5.91 Å². The Morgan fingerprint density at radius 2 is 1.83 bits per heavy atom. The number of hydrogen-bond acceptors (Lipinski definition) is 2. The number of carbonyl (C=O) groups excluding carboxylic acids is 1. The van der Waals surface area contributed by atoms with Gasteiger partial charge in [-0.15, -0.1) is 0 Å². The predicted molar refractivity (Wildman–Crippen MR) is 77.5 cm³/mol. The molecule has 0 aliphatic rings. The molecule has 4 nitrogen and oxygen atoms in total. The number of hydrogen-bond donors (Lipinski definition) is 2. The summed E-state index contributed by atoms with van der Waals surface area (Å²) in [6, 6.07) is 6.16. The Balaban J connectivity index is 2.93. The zero-order chi connectivity index (χ0) is 13.9. The highest BCUT2D eigenvalue weighted by Crippen LogP contribution is 2.20. The molecule has 1 amide bonds. The summed E-state index contributed by atoms with van der Waals surface area (Å²) in [6.07, 6.45) is 0. The zero-order valence-electron chi connectivity index (χ0n) is 10.5. The molecule has 1 aromatic rings. The van der Waals surface area contributed by atoms with E-state index in [0.29, 0.717) is 5.56 Å². The minimum atomic E-state index is -1.03. The topological polar surface area (TPSA) is 66.4 Å². The van der Waals surface area contributed by atoms with E-state index in [1.54, 1.807) is 32.9 Å². The van der Waals surface area contributed by atoms with Gasteiger partial charge in [0.1, 0.15) is 6.04 Å². The van der Waals surface area contributed by atoms with Gasteiger partial charge in [0.05, 0.1) is 5.56 Å². The van der Waals surface area contributed by atoms with Crippen molar-refractivity contribution in [3.05, 3.63) is 33.4 Å². The lowest BCUT2D eigenvalue weighted by molar-refractivity contribution is -0.142. The van der Waals surface area contributed by atoms with Gasteiger partial charge in [0.25, 0.3) is 5.91 Å². The number of benzene rings is 1. The summed E-state index contributed by atoms with van der Waals surface area (Å²) in [5.74, 6) is -1.39. The highest BCUT2D eigenvalue weighted by molar-refractivity contribution is 14.1. The van der Waals surface area contributed by atoms with Gasteiger partial charge >= 0.3 is 5.97 Å². The van der Waals surface area contributed by atoms with Crippen LogP contribution < -0.4 is 5.32 Å². The van der Waals surface area contributed by atoms with Crippen LogP contribution in [0.3, 0.4) is 0 Å². The molecule has 2 N–H and O–H groups in total. The second kappa shape index (κ2) is 5.69. The van der Waals surface area contributed by atoms with Crippen LogP contribution in [0.25, 0.3) is 0 Å². The number of nitrogens with one attached hydrogen (secondary N) is 1. The molecule has 1 atom stereocenters. The van der Waals surface area contributed by atoms with E-state index < -0.39 is 17.4 Å². The predicted octanol–water partition coefficient (Wildman–Crippen LogP) is 2.52. The summed E-state index contributed by atoms with van der Waals surface area (Å²) in [4.78, 5) is 23.2. The Labute approximate surface area is 120 Å². The molecule has 5 heteroatoms. The molecular weight excluding hydrogens is 345 g/mol. The number of amides is 1. The molecule has 0 spiro atoms. The van der Waals surface area contributed by atoms with Crippen LogP contribution in [0.2, 0.25) is 0 Å². The Bertz CT molecular complexity index is 466. The molecule has 0 radical (unpaired) electrons. The van der Waals surface area contributed by atoms with E-state index in [2.05, 4.69) is 27.9 Å². The second-order valence-corrected chi connectivity index (χ2v) is 6.25. The van der Waals surface area contributed by atoms with Gasteiger partial charge in [-0.2, -0.15) is 0 Å². The van der Waals surface area contributed by atoms with Crippen molar-refractivity contribution in [3.8, 4) is 0 Å². The minimum Gasteiger partial charge on any atom is -0.480 e. The van der Waals surface area contributed by atoms with Crippen molar-refractivity contribution in [2.24, 2.45) is 5.41 Å². The third-order valence-corrected chi connectivity index (χ3v) is 3.45. The van der Waals surface area contributed by atoms with Crippen LogP contribution in [0, 0.1) is 8.99 Å². The molecule has 0 bridgehead atoms. The maximum Gasteiger partial charge on any atom is 0.326 e. The molecule has 0 aliphatic carbocycles. The van der Waals surface area contributed by atoms with Crippen LogP contribution in [0.4, 0.5) is 0 Å². The average Bonchev–Trinajstić information content (AvgIpc) is 2.24. The maximum atomic E-state index is 12.0. The normalized spacial score (nSPS) is 12.9. The first-order valence-corrected chi connectivity index (χ1v) is 6.59. The number of rotatable bonds is 3. The standard InChI is InChI=1S/C13H16INO3/c1-13(2,3)10(12(17)18)15-11(16)8-6-4-5-7-9(8)14/h4-7,10H,1-3H3,(H,15,16)(H,17,18)/t10-/m0/s1. The van der Waals surface area contributed by atoms with Crippen LogP contribution in [-0.2, 0) is 4.79 Å². The smallest absolute Gasteiger partial charge is 0.326 e. The quantitative estimate of drug-likeness (QED) is 0.814. The number of carboxylic acid groups (broad SMARTS) is 1. The fourth-order valence-corrected chi connectivity index (χ4v) is 2.14. The van der Waals surface area contributed by atoms with Crippen molar-refractivity contribution in [3.63, 3.8) is 0 Å². The molecule has 1 rings (SSSR count). The fraction of sp³-hybridized carbons (Fsp3) is 0.385. The Morgan fingerprint density at radius 3 is 2.28 bits per heavy atom. The first-order chi connectivity index (χ1) is 8.23. The van der Waals surface area contributed by atoms with Crippen molar-refractivity contribution in [2.45, 2.75) is 26.8 Å². The first kappa shape index (κ1) is 14.9. The van der Waals surface area contributed by atoms with Crippen molar-refractivity contribution < 1.29 is 14.7 Å². The summed E-state index contributed by atoms with van der Waals surface area (Å²) >= 11 is 2.05. The Morgan fingerprint density at radius 1 is 1.28 bits per heavy atom. The molecule has 0 heterocycles. The molecule has 0 aliphatic heterocycles. The maximum absolute atomic E-state index is 12.0. The van der Waals surface area contributed by atoms with E-state index in [0.717, 1.165) is 3.57 Å². The molecule has 0 saturated heterocycles. The van der Waals surface area contributed by atoms with E-state index in [1.165, 1.54) is 0 Å². The lowest BCUT2D eigenvalue weighted by Crippen LogP contribution is -2.49. The van der Waals surface area contributed by atoms with Crippen LogP contribution in [0.15, 0.2) is 24.3 Å². The largest absolute Gasteiger partial charge is 0.480 e. The van der Waals surface area contributed by atoms with Gasteiger partial charge in [-0.25, -0.2) is 4.79 Å². The zero-order valence-corrected chi connectivity index (χ0v) is 12.7. The number of aliphatic carboxylic acids is 1. The summed E-state index contributed by atoms with van der Waals surface area (Å²) in [6.45, 7) is 5.34. The highest BCUT2D eigenvalue weighted by Gasteiger charge is 2.33. The van der Waals surface area contributed by atoms with Gasteiger partial charge in [-0.05, 0) is 40.1 Å². The van der Waals surface area contributed by atoms with E-state index >= 15 is 0 Å². The third kappa shape index (κ3) is 3.69. The summed E-state index contributed by atoms with van der Waals surface area (Å²) in [7, 11) is 0. The van der Waals surface area contributed by atoms with Gasteiger partial charge in [0.15, 0.2) is 0 Å². The lowest BCUT2D eigenvalue weighted by Gasteiger charge is -2.27. The van der Waals surface area contributed by atoms with Crippen LogP contribution in [0.5, 0.6) is 0 Å². The Kier molecular flexibility index (Phi) is 4.72. The van der Waals surface area contributed by atoms with Gasteiger partial charge < -0.3 is 10.4 Å². The fourth-order valence-electron chi connectivity index (χ4n) is 1.50. The van der Waals surface area contributed by atoms with Gasteiger partial charge in [-0.1, -0.05) is 32.9 Å². The molecule has 1 aromatic carbocycles. The summed E-state index contributed by atoms with van der Waals surface area (Å²) in [5.41, 5.74) is -0.0459. The number of halogens is 1. The van der Waals surface area contributed by atoms with Crippen molar-refractivity contribution >= 4 is 34.5 Å². The summed E-state index contributed by atoms with van der Waals surface area (Å²) < 4.78 is 0.797. The SMILES string of the molecule is CC(C)(C)[C@@H](NC(=O)c1ccccc1I)C(=O)O. The molecule has 0 saturated carbocycles. The monoisotopic (exact) mass is 361 g/mol. The van der Waals surface area contributed by atoms with E-state index in [4.69, 9.17) is 5.11 Å². The van der Waals surface area contributed by atoms with Crippen LogP contribution >= 0.6 is 22.6 Å². The molecule has 98 valence electrons. The van der Waals surface area contributed by atoms with Gasteiger partial charge in [0.2, 0.25) is 0 Å². The first-order valence-electron chi connectivity index (χ1n) is 5.51. The molecule has 0 aromatic heterocycles. The number of carboxylic acids is 1. The van der Waals surface area contributed by atoms with Crippen molar-refractivity contribution in [1.82, 2.24) is 5.32 Å². The third-order valence-electron chi connectivity index (χ3n) is 2.51.